The normalized spacial score (nSPS) is 42.9. The van der Waals surface area contributed by atoms with Crippen molar-refractivity contribution in [2.75, 3.05) is 0 Å². The van der Waals surface area contributed by atoms with Crippen LogP contribution in [0.3, 0.4) is 0 Å². The lowest BCUT2D eigenvalue weighted by atomic mass is 9.60. The Labute approximate surface area is 215 Å². The average molecular weight is 493 g/mol. The third kappa shape index (κ3) is 3.21. The van der Waals surface area contributed by atoms with E-state index in [2.05, 4.69) is 26.0 Å². The standard InChI is InChI=1S/C31H40O5/c1-21-15-18-26(4,5)16-12-17-27(6)25(33)30(21)19-22(2)28(7,36-23(3)32)31(30,34)29(27,8)35-20-24-13-10-9-11-14-24/h9-16,18-19,21,34H,17,20H2,1-8H3/b16-12-,18-15-. The molecule has 0 aromatic heterocycles. The summed E-state index contributed by atoms with van der Waals surface area (Å²) in [6.45, 7) is 15.0. The van der Waals surface area contributed by atoms with Crippen molar-refractivity contribution in [2.45, 2.75) is 85.2 Å². The molecule has 4 rings (SSSR count). The number of carbonyl (C=O) groups excluding carboxylic acids is 2. The van der Waals surface area contributed by atoms with Gasteiger partial charge in [-0.2, -0.15) is 0 Å². The summed E-state index contributed by atoms with van der Waals surface area (Å²) >= 11 is 0. The summed E-state index contributed by atoms with van der Waals surface area (Å²) in [6.07, 6.45) is 10.5. The van der Waals surface area contributed by atoms with Crippen molar-refractivity contribution in [1.82, 2.24) is 0 Å². The second-order valence-corrected chi connectivity index (χ2v) is 12.1. The van der Waals surface area contributed by atoms with Gasteiger partial charge < -0.3 is 14.6 Å². The molecule has 6 unspecified atom stereocenters. The highest BCUT2D eigenvalue weighted by Gasteiger charge is 2.87. The predicted octanol–water partition coefficient (Wildman–Crippen LogP) is 5.73. The molecule has 6 atom stereocenters. The monoisotopic (exact) mass is 492 g/mol. The summed E-state index contributed by atoms with van der Waals surface area (Å²) in [5.41, 5.74) is -5.82. The van der Waals surface area contributed by atoms with Gasteiger partial charge in [0.1, 0.15) is 5.60 Å². The zero-order valence-electron chi connectivity index (χ0n) is 22.8. The van der Waals surface area contributed by atoms with Crippen molar-refractivity contribution < 1.29 is 24.2 Å². The van der Waals surface area contributed by atoms with Gasteiger partial charge >= 0.3 is 5.97 Å². The van der Waals surface area contributed by atoms with Crippen molar-refractivity contribution in [3.63, 3.8) is 0 Å². The maximum absolute atomic E-state index is 14.8. The van der Waals surface area contributed by atoms with E-state index in [9.17, 15) is 14.7 Å². The molecule has 1 fully saturated rings. The molecular formula is C31H40O5. The fourth-order valence-electron chi connectivity index (χ4n) is 7.08. The first-order valence-corrected chi connectivity index (χ1v) is 12.8. The molecule has 0 aliphatic heterocycles. The molecule has 5 nitrogen and oxygen atoms in total. The summed E-state index contributed by atoms with van der Waals surface area (Å²) in [4.78, 5) is 27.2. The number of fused-ring (bicyclic) bond motifs is 1. The Kier molecular flexibility index (Phi) is 6.09. The van der Waals surface area contributed by atoms with Gasteiger partial charge in [-0.15, -0.1) is 0 Å². The third-order valence-electron chi connectivity index (χ3n) is 9.43. The number of ether oxygens (including phenoxy) is 2. The smallest absolute Gasteiger partial charge is 0.303 e. The minimum absolute atomic E-state index is 0.0928. The Morgan fingerprint density at radius 3 is 2.33 bits per heavy atom. The molecule has 3 aliphatic carbocycles. The van der Waals surface area contributed by atoms with Crippen LogP contribution in [0.25, 0.3) is 0 Å². The van der Waals surface area contributed by atoms with Gasteiger partial charge in [-0.3, -0.25) is 9.59 Å². The maximum atomic E-state index is 14.8. The zero-order chi connectivity index (χ0) is 26.8. The van der Waals surface area contributed by atoms with Gasteiger partial charge in [-0.05, 0) is 51.2 Å². The van der Waals surface area contributed by atoms with Crippen molar-refractivity contribution in [3.05, 3.63) is 71.8 Å². The highest BCUT2D eigenvalue weighted by atomic mass is 16.6. The molecule has 5 heteroatoms. The Morgan fingerprint density at radius 2 is 1.72 bits per heavy atom. The molecule has 1 aromatic rings. The van der Waals surface area contributed by atoms with Crippen molar-refractivity contribution in [3.8, 4) is 0 Å². The number of aliphatic hydroxyl groups is 1. The number of ketones is 1. The van der Waals surface area contributed by atoms with E-state index in [0.29, 0.717) is 12.0 Å². The molecule has 1 N–H and O–H groups in total. The fourth-order valence-corrected chi connectivity index (χ4v) is 7.08. The minimum Gasteiger partial charge on any atom is -0.452 e. The van der Waals surface area contributed by atoms with E-state index < -0.39 is 33.6 Å². The second-order valence-electron chi connectivity index (χ2n) is 12.1. The average Bonchev–Trinajstić information content (AvgIpc) is 3.05. The molecule has 194 valence electrons. The summed E-state index contributed by atoms with van der Waals surface area (Å²) in [5.74, 6) is -0.992. The Hall–Kier alpha value is -2.50. The summed E-state index contributed by atoms with van der Waals surface area (Å²) in [7, 11) is 0. The minimum atomic E-state index is -1.87. The van der Waals surface area contributed by atoms with E-state index in [1.807, 2.05) is 76.3 Å². The molecule has 0 amide bonds. The van der Waals surface area contributed by atoms with E-state index in [4.69, 9.17) is 9.47 Å². The first kappa shape index (κ1) is 26.6. The van der Waals surface area contributed by atoms with Crippen LogP contribution in [-0.4, -0.2) is 33.7 Å². The third-order valence-corrected chi connectivity index (χ3v) is 9.43. The van der Waals surface area contributed by atoms with Crippen LogP contribution in [0.4, 0.5) is 0 Å². The lowest BCUT2D eigenvalue weighted by Gasteiger charge is -2.55. The molecule has 1 saturated carbocycles. The molecule has 36 heavy (non-hydrogen) atoms. The van der Waals surface area contributed by atoms with Crippen molar-refractivity contribution in [2.24, 2.45) is 22.2 Å². The molecule has 1 spiro atoms. The highest BCUT2D eigenvalue weighted by molar-refractivity contribution is 6.00. The summed E-state index contributed by atoms with van der Waals surface area (Å²) in [6, 6.07) is 9.72. The largest absolute Gasteiger partial charge is 0.452 e. The molecule has 3 aliphatic rings. The van der Waals surface area contributed by atoms with Gasteiger partial charge in [0, 0.05) is 12.3 Å². The number of Topliss-reactive ketones (excluding diaryl/α,β-unsaturated/α-hetero) is 1. The van der Waals surface area contributed by atoms with Gasteiger partial charge in [0.25, 0.3) is 0 Å². The fraction of sp³-hybridized carbons (Fsp3) is 0.548. The van der Waals surface area contributed by atoms with Crippen LogP contribution < -0.4 is 0 Å². The van der Waals surface area contributed by atoms with Crippen LogP contribution in [0.2, 0.25) is 0 Å². The van der Waals surface area contributed by atoms with Crippen LogP contribution in [0, 0.1) is 22.2 Å². The zero-order valence-corrected chi connectivity index (χ0v) is 22.8. The first-order valence-electron chi connectivity index (χ1n) is 12.8. The van der Waals surface area contributed by atoms with E-state index >= 15 is 0 Å². The number of carbonyl (C=O) groups is 2. The topological polar surface area (TPSA) is 72.8 Å². The lowest BCUT2D eigenvalue weighted by Crippen LogP contribution is -2.71. The number of esters is 1. The molecule has 1 aromatic carbocycles. The quantitative estimate of drug-likeness (QED) is 0.429. The Bertz CT molecular complexity index is 1160. The van der Waals surface area contributed by atoms with Crippen LogP contribution in [0.15, 0.2) is 66.3 Å². The van der Waals surface area contributed by atoms with E-state index in [-0.39, 0.29) is 23.7 Å². The molecule has 0 radical (unpaired) electrons. The maximum Gasteiger partial charge on any atom is 0.303 e. The first-order chi connectivity index (χ1) is 16.6. The van der Waals surface area contributed by atoms with Gasteiger partial charge in [0.05, 0.1) is 17.4 Å². The van der Waals surface area contributed by atoms with Crippen LogP contribution in [0.5, 0.6) is 0 Å². The van der Waals surface area contributed by atoms with Crippen molar-refractivity contribution >= 4 is 11.8 Å². The summed E-state index contributed by atoms with van der Waals surface area (Å²) < 4.78 is 12.7. The molecule has 0 heterocycles. The van der Waals surface area contributed by atoms with E-state index in [1.165, 1.54) is 6.92 Å². The van der Waals surface area contributed by atoms with E-state index in [1.54, 1.807) is 6.92 Å². The van der Waals surface area contributed by atoms with Gasteiger partial charge in [-0.25, -0.2) is 0 Å². The lowest BCUT2D eigenvalue weighted by molar-refractivity contribution is -0.278. The summed E-state index contributed by atoms with van der Waals surface area (Å²) in [5, 5.41) is 13.2. The van der Waals surface area contributed by atoms with Gasteiger partial charge in [0.15, 0.2) is 17.0 Å². The Balaban J connectivity index is 2.03. The van der Waals surface area contributed by atoms with Crippen LogP contribution in [0.1, 0.15) is 67.4 Å². The SMILES string of the molecule is CC(=O)OC1(C)C(C)=CC23C(=O)C(C)(C/C=C\C(C)(C)/C=C\C2C)C(C)(OCc2ccccc2)C13O. The van der Waals surface area contributed by atoms with Crippen LogP contribution in [-0.2, 0) is 25.7 Å². The Morgan fingerprint density at radius 1 is 1.08 bits per heavy atom. The number of hydrogen-bond acceptors (Lipinski definition) is 5. The highest BCUT2D eigenvalue weighted by Crippen LogP contribution is 2.73. The van der Waals surface area contributed by atoms with E-state index in [0.717, 1.165) is 5.56 Å². The number of allylic oxidation sites excluding steroid dienone is 4. The van der Waals surface area contributed by atoms with Crippen LogP contribution >= 0.6 is 0 Å². The molecular weight excluding hydrogens is 452 g/mol. The second kappa shape index (κ2) is 8.26. The number of benzene rings is 1. The van der Waals surface area contributed by atoms with Crippen molar-refractivity contribution in [1.29, 1.82) is 0 Å². The molecule has 0 saturated heterocycles. The number of hydrogen-bond donors (Lipinski definition) is 1. The number of rotatable bonds is 4. The van der Waals surface area contributed by atoms with Gasteiger partial charge in [-0.1, -0.05) is 81.5 Å². The predicted molar refractivity (Wildman–Crippen MR) is 140 cm³/mol. The molecule has 2 bridgehead atoms. The van der Waals surface area contributed by atoms with Gasteiger partial charge in [0.2, 0.25) is 0 Å².